The van der Waals surface area contributed by atoms with E-state index in [0.29, 0.717) is 0 Å². The molecule has 0 spiro atoms. The molecule has 3 heterocycles. The summed E-state index contributed by atoms with van der Waals surface area (Å²) in [6.07, 6.45) is 7.74. The maximum atomic E-state index is 7.28. The van der Waals surface area contributed by atoms with Crippen molar-refractivity contribution < 1.29 is 4.42 Å². The summed E-state index contributed by atoms with van der Waals surface area (Å²) in [6, 6.07) is 53.9. The Morgan fingerprint density at radius 3 is 1.96 bits per heavy atom. The number of anilines is 6. The van der Waals surface area contributed by atoms with E-state index >= 15 is 0 Å². The number of furan rings is 1. The Balaban J connectivity index is 1.16. The van der Waals surface area contributed by atoms with E-state index in [-0.39, 0.29) is 29.0 Å². The van der Waals surface area contributed by atoms with Gasteiger partial charge in [0.25, 0.3) is 6.71 Å². The van der Waals surface area contributed by atoms with E-state index in [4.69, 9.17) is 4.42 Å². The minimum atomic E-state index is -0.148. The average Bonchev–Trinajstić information content (AvgIpc) is 3.70. The molecule has 0 fully saturated rings. The summed E-state index contributed by atoms with van der Waals surface area (Å²) in [5.74, 6) is 0. The molecule has 11 rings (SSSR count). The number of benzene rings is 6. The Bertz CT molecular complexity index is 3350. The summed E-state index contributed by atoms with van der Waals surface area (Å²) in [5, 5.41) is 1.13. The smallest absolute Gasteiger partial charge is 0.292 e. The predicted molar refractivity (Wildman–Crippen MR) is 288 cm³/mol. The summed E-state index contributed by atoms with van der Waals surface area (Å²) in [6.45, 7) is 22.5. The molecule has 0 saturated carbocycles. The summed E-state index contributed by atoms with van der Waals surface area (Å²) in [4.78, 5) is 7.46. The predicted octanol–water partition coefficient (Wildman–Crippen LogP) is 15.4. The Morgan fingerprint density at radius 1 is 0.618 bits per heavy atom. The SMILES string of the molecule is CC1=CC2=C3B(c4cc(N(C5=C=C=C(C(C)(C)C)C=C5)c5ccc(C(C)(C)C)cc5)ccc4N2c2ccccc2)c2oc4ccccc4c2N(c2cccc(-c4ccc(C(C)(C)C)cc4)c2)C3C1. The molecule has 0 amide bonds. The van der Waals surface area contributed by atoms with Crippen molar-refractivity contribution in [3.05, 3.63) is 214 Å². The number of hydrogen-bond donors (Lipinski definition) is 0. The highest BCUT2D eigenvalue weighted by Crippen LogP contribution is 2.50. The number of fused-ring (bicyclic) bond motifs is 6. The zero-order chi connectivity index (χ0) is 47.3. The molecule has 336 valence electrons. The molecule has 6 aromatic carbocycles. The van der Waals surface area contributed by atoms with Gasteiger partial charge in [-0.2, -0.15) is 0 Å². The van der Waals surface area contributed by atoms with Gasteiger partial charge in [0.05, 0.1) is 23.1 Å². The van der Waals surface area contributed by atoms with Gasteiger partial charge in [-0.25, -0.2) is 0 Å². The number of hydrogen-bond acceptors (Lipinski definition) is 4. The van der Waals surface area contributed by atoms with Crippen LogP contribution in [0.25, 0.3) is 22.1 Å². The molecule has 1 aromatic heterocycles. The van der Waals surface area contributed by atoms with Gasteiger partial charge in [0.2, 0.25) is 0 Å². The monoisotopic (exact) mass is 885 g/mol. The Kier molecular flexibility index (Phi) is 10.2. The van der Waals surface area contributed by atoms with Crippen LogP contribution < -0.4 is 25.8 Å². The van der Waals surface area contributed by atoms with Crippen LogP contribution >= 0.6 is 0 Å². The van der Waals surface area contributed by atoms with Crippen LogP contribution in [-0.2, 0) is 10.8 Å². The van der Waals surface area contributed by atoms with Gasteiger partial charge < -0.3 is 19.1 Å². The lowest BCUT2D eigenvalue weighted by atomic mass is 9.33. The minimum Gasteiger partial charge on any atom is -0.468 e. The van der Waals surface area contributed by atoms with E-state index in [1.54, 1.807) is 0 Å². The van der Waals surface area contributed by atoms with Gasteiger partial charge >= 0.3 is 0 Å². The second kappa shape index (κ2) is 16.0. The van der Waals surface area contributed by atoms with E-state index in [2.05, 4.69) is 259 Å². The van der Waals surface area contributed by atoms with Crippen LogP contribution in [0.15, 0.2) is 208 Å². The molecular weight excluding hydrogens is 826 g/mol. The number of para-hydroxylation sites is 2. The van der Waals surface area contributed by atoms with Gasteiger partial charge in [-0.05, 0) is 153 Å². The van der Waals surface area contributed by atoms with Gasteiger partial charge in [-0.3, -0.25) is 0 Å². The Labute approximate surface area is 403 Å². The maximum absolute atomic E-state index is 7.28. The molecule has 0 bridgehead atoms. The molecule has 1 unspecified atom stereocenters. The van der Waals surface area contributed by atoms with Crippen molar-refractivity contribution in [3.8, 4) is 11.1 Å². The first kappa shape index (κ1) is 43.4. The third-order valence-corrected chi connectivity index (χ3v) is 14.3. The second-order valence-corrected chi connectivity index (χ2v) is 22.2. The van der Waals surface area contributed by atoms with Gasteiger partial charge in [-0.1, -0.05) is 152 Å². The third-order valence-electron chi connectivity index (χ3n) is 14.3. The largest absolute Gasteiger partial charge is 0.468 e. The van der Waals surface area contributed by atoms with Crippen molar-refractivity contribution >= 4 is 62.9 Å². The van der Waals surface area contributed by atoms with E-state index in [9.17, 15) is 0 Å². The normalized spacial score (nSPS) is 16.6. The highest BCUT2D eigenvalue weighted by molar-refractivity contribution is 6.93. The molecule has 0 N–H and O–H groups in total. The molecule has 4 nitrogen and oxygen atoms in total. The van der Waals surface area contributed by atoms with Crippen LogP contribution in [0.5, 0.6) is 0 Å². The molecule has 2 aliphatic heterocycles. The first-order valence-electron chi connectivity index (χ1n) is 24.3. The highest BCUT2D eigenvalue weighted by atomic mass is 16.3. The summed E-state index contributed by atoms with van der Waals surface area (Å²) in [7, 11) is 0. The van der Waals surface area contributed by atoms with Gasteiger partial charge in [0, 0.05) is 45.1 Å². The van der Waals surface area contributed by atoms with Crippen molar-refractivity contribution in [2.24, 2.45) is 5.41 Å². The van der Waals surface area contributed by atoms with E-state index in [1.807, 2.05) is 0 Å². The molecule has 5 heteroatoms. The molecule has 0 saturated heterocycles. The highest BCUT2D eigenvalue weighted by Gasteiger charge is 2.51. The van der Waals surface area contributed by atoms with E-state index in [0.717, 1.165) is 68.4 Å². The lowest BCUT2D eigenvalue weighted by Crippen LogP contribution is -2.60. The lowest BCUT2D eigenvalue weighted by molar-refractivity contribution is 0.518. The van der Waals surface area contributed by atoms with Crippen LogP contribution in [0.4, 0.5) is 34.1 Å². The Hall–Kier alpha value is -7.16. The average molecular weight is 886 g/mol. The zero-order valence-electron chi connectivity index (χ0n) is 41.2. The lowest BCUT2D eigenvalue weighted by Gasteiger charge is -2.49. The summed E-state index contributed by atoms with van der Waals surface area (Å²) < 4.78 is 7.28. The van der Waals surface area contributed by atoms with Crippen molar-refractivity contribution in [2.75, 3.05) is 14.7 Å². The fourth-order valence-electron chi connectivity index (χ4n) is 10.7. The number of allylic oxidation sites excluding steroid dienone is 4. The van der Waals surface area contributed by atoms with Gasteiger partial charge in [-0.15, -0.1) is 0 Å². The number of nitrogens with zero attached hydrogens (tertiary/aromatic N) is 3. The summed E-state index contributed by atoms with van der Waals surface area (Å²) >= 11 is 0. The van der Waals surface area contributed by atoms with Gasteiger partial charge in [0.15, 0.2) is 0 Å². The van der Waals surface area contributed by atoms with Crippen molar-refractivity contribution in [1.82, 2.24) is 0 Å². The first-order chi connectivity index (χ1) is 32.5. The fourth-order valence-corrected chi connectivity index (χ4v) is 10.7. The number of rotatable bonds is 6. The summed E-state index contributed by atoms with van der Waals surface area (Å²) in [5.41, 5.74) is 28.1. The molecular formula is C63H60BN3O. The van der Waals surface area contributed by atoms with Gasteiger partial charge in [0.1, 0.15) is 5.58 Å². The first-order valence-corrected chi connectivity index (χ1v) is 24.3. The van der Waals surface area contributed by atoms with Crippen LogP contribution in [0.2, 0.25) is 0 Å². The third kappa shape index (κ3) is 7.42. The van der Waals surface area contributed by atoms with Crippen LogP contribution in [0.3, 0.4) is 0 Å². The molecule has 2 aliphatic carbocycles. The van der Waals surface area contributed by atoms with Crippen molar-refractivity contribution in [1.29, 1.82) is 0 Å². The van der Waals surface area contributed by atoms with E-state index < -0.39 is 0 Å². The Morgan fingerprint density at radius 2 is 1.28 bits per heavy atom. The minimum absolute atomic E-state index is 0.0176. The molecule has 7 aromatic rings. The topological polar surface area (TPSA) is 22.9 Å². The van der Waals surface area contributed by atoms with Crippen LogP contribution in [-0.4, -0.2) is 12.8 Å². The molecule has 68 heavy (non-hydrogen) atoms. The quantitative estimate of drug-likeness (QED) is 0.123. The fraction of sp³-hybridized carbons (Fsp3) is 0.238. The molecule has 1 atom stereocenters. The second-order valence-electron chi connectivity index (χ2n) is 22.2. The molecule has 4 aliphatic rings. The maximum Gasteiger partial charge on any atom is 0.292 e. The standard InChI is InChI=1S/C63H60BN3O/c1-41-37-55-58-56(38-41)67(50-20-16-17-43(39-50)42-23-25-44(26-24-42)61(2,3)4)59-52-21-14-15-22-57(52)68-60(59)64(58)53-40-51(35-36-54(53)66(55)47-18-12-11-13-19-47)65(48-31-27-45(28-32-48)62(5,6)7)49-33-29-46(30-34-49)63(8,9)10/h11-29,31-33,35-37,39-40,56H,38H2,1-10H3. The van der Waals surface area contributed by atoms with Crippen LogP contribution in [0.1, 0.15) is 86.8 Å². The van der Waals surface area contributed by atoms with Crippen LogP contribution in [0, 0.1) is 5.41 Å². The molecule has 0 radical (unpaired) electrons. The van der Waals surface area contributed by atoms with Crippen molar-refractivity contribution in [2.45, 2.75) is 92.5 Å². The zero-order valence-corrected chi connectivity index (χ0v) is 41.2. The van der Waals surface area contributed by atoms with E-state index in [1.165, 1.54) is 44.5 Å². The van der Waals surface area contributed by atoms with Crippen molar-refractivity contribution in [3.63, 3.8) is 0 Å².